The molecule has 110 valence electrons. The van der Waals surface area contributed by atoms with Gasteiger partial charge >= 0.3 is 5.97 Å². The number of rotatable bonds is 6. The Balaban J connectivity index is 3.11. The van der Waals surface area contributed by atoms with Crippen molar-refractivity contribution in [2.75, 3.05) is 5.32 Å². The lowest BCUT2D eigenvalue weighted by Crippen LogP contribution is -2.34. The predicted octanol–water partition coefficient (Wildman–Crippen LogP) is 3.20. The molecule has 1 aromatic carbocycles. The Morgan fingerprint density at radius 3 is 2.55 bits per heavy atom. The molecule has 0 aromatic heterocycles. The fourth-order valence-corrected chi connectivity index (χ4v) is 1.74. The number of hydrogen-bond donors (Lipinski definition) is 2. The number of hydrogen-bond acceptors (Lipinski definition) is 4. The molecule has 0 unspecified atom stereocenters. The number of alkyl halides is 2. The van der Waals surface area contributed by atoms with Gasteiger partial charge in [0.15, 0.2) is 0 Å². The minimum Gasteiger partial charge on any atom is -0.481 e. The summed E-state index contributed by atoms with van der Waals surface area (Å²) in [7, 11) is 0. The third-order valence-corrected chi connectivity index (χ3v) is 2.55. The van der Waals surface area contributed by atoms with Crippen molar-refractivity contribution in [3.63, 3.8) is 0 Å². The van der Waals surface area contributed by atoms with Gasteiger partial charge in [0.2, 0.25) is 0 Å². The number of aliphatic carboxylic acids is 1. The smallest absolute Gasteiger partial charge is 0.305 e. The zero-order chi connectivity index (χ0) is 15.5. The maximum atomic E-state index is 12.9. The predicted molar refractivity (Wildman–Crippen MR) is 68.0 cm³/mol. The lowest BCUT2D eigenvalue weighted by Gasteiger charge is -2.27. The van der Waals surface area contributed by atoms with Gasteiger partial charge in [-0.15, -0.1) is 0 Å². The summed E-state index contributed by atoms with van der Waals surface area (Å²) in [6.45, 7) is 3.08. The van der Waals surface area contributed by atoms with Crippen molar-refractivity contribution in [2.45, 2.75) is 32.2 Å². The van der Waals surface area contributed by atoms with Crippen LogP contribution in [0.2, 0.25) is 0 Å². The molecule has 2 N–H and O–H groups in total. The number of nitro benzene ring substituents is 1. The molecule has 0 bridgehead atoms. The normalized spacial score (nSPS) is 11.4. The van der Waals surface area contributed by atoms with Gasteiger partial charge in [-0.3, -0.25) is 14.9 Å². The van der Waals surface area contributed by atoms with E-state index in [9.17, 15) is 23.7 Å². The lowest BCUT2D eigenvalue weighted by molar-refractivity contribution is -0.385. The van der Waals surface area contributed by atoms with Gasteiger partial charge < -0.3 is 10.4 Å². The summed E-state index contributed by atoms with van der Waals surface area (Å²) in [5.41, 5.74) is -1.96. The molecule has 0 aliphatic rings. The first kappa shape index (κ1) is 15.8. The third-order valence-electron chi connectivity index (χ3n) is 2.55. The minimum atomic E-state index is -2.90. The molecule has 0 saturated heterocycles. The number of nitrogens with zero attached hydrogens (tertiary/aromatic N) is 1. The average molecular weight is 288 g/mol. The quantitative estimate of drug-likeness (QED) is 0.619. The van der Waals surface area contributed by atoms with Gasteiger partial charge in [0.05, 0.1) is 11.3 Å². The van der Waals surface area contributed by atoms with E-state index in [1.165, 1.54) is 13.8 Å². The molecule has 0 amide bonds. The Bertz CT molecular complexity index is 532. The fourth-order valence-electron chi connectivity index (χ4n) is 1.74. The first-order valence-corrected chi connectivity index (χ1v) is 5.69. The molecule has 0 aliphatic carbocycles. The second-order valence-corrected chi connectivity index (χ2v) is 4.91. The van der Waals surface area contributed by atoms with Crippen molar-refractivity contribution in [2.24, 2.45) is 0 Å². The molecule has 1 rings (SSSR count). The summed E-state index contributed by atoms with van der Waals surface area (Å²) in [5.74, 6) is -1.08. The van der Waals surface area contributed by atoms with Crippen LogP contribution in [0.4, 0.5) is 20.2 Å². The van der Waals surface area contributed by atoms with Crippen LogP contribution in [-0.2, 0) is 4.79 Å². The monoisotopic (exact) mass is 288 g/mol. The highest BCUT2D eigenvalue weighted by Crippen LogP contribution is 2.32. The van der Waals surface area contributed by atoms with Gasteiger partial charge in [-0.25, -0.2) is 8.78 Å². The molecule has 0 heterocycles. The summed E-state index contributed by atoms with van der Waals surface area (Å²) in [4.78, 5) is 20.5. The van der Waals surface area contributed by atoms with E-state index in [0.717, 1.165) is 18.2 Å². The van der Waals surface area contributed by atoms with E-state index >= 15 is 0 Å². The highest BCUT2D eigenvalue weighted by Gasteiger charge is 2.25. The highest BCUT2D eigenvalue weighted by molar-refractivity contribution is 5.69. The van der Waals surface area contributed by atoms with E-state index in [1.807, 2.05) is 0 Å². The maximum absolute atomic E-state index is 12.9. The van der Waals surface area contributed by atoms with Crippen LogP contribution < -0.4 is 5.32 Å². The second-order valence-electron chi connectivity index (χ2n) is 4.91. The Morgan fingerprint density at radius 2 is 2.10 bits per heavy atom. The molecule has 0 spiro atoms. The molecule has 6 nitrogen and oxygen atoms in total. The topological polar surface area (TPSA) is 92.5 Å². The molecule has 0 atom stereocenters. The molecule has 0 saturated carbocycles. The summed E-state index contributed by atoms with van der Waals surface area (Å²) in [6.07, 6.45) is -3.19. The van der Waals surface area contributed by atoms with Gasteiger partial charge in [0.1, 0.15) is 0 Å². The van der Waals surface area contributed by atoms with Crippen molar-refractivity contribution in [1.82, 2.24) is 0 Å². The van der Waals surface area contributed by atoms with Crippen LogP contribution in [0.25, 0.3) is 0 Å². The zero-order valence-electron chi connectivity index (χ0n) is 10.9. The number of benzene rings is 1. The summed E-state index contributed by atoms with van der Waals surface area (Å²) in [5, 5.41) is 22.0. The molecule has 0 aliphatic heterocycles. The van der Waals surface area contributed by atoms with E-state index in [2.05, 4.69) is 5.32 Å². The fraction of sp³-hybridized carbons (Fsp3) is 0.417. The van der Waals surface area contributed by atoms with Crippen LogP contribution in [0.5, 0.6) is 0 Å². The van der Waals surface area contributed by atoms with Crippen LogP contribution in [0.15, 0.2) is 18.2 Å². The van der Waals surface area contributed by atoms with Crippen LogP contribution >= 0.6 is 0 Å². The third kappa shape index (κ3) is 4.15. The number of carboxylic acids is 1. The molecule has 0 fully saturated rings. The van der Waals surface area contributed by atoms with Crippen molar-refractivity contribution in [3.05, 3.63) is 33.9 Å². The van der Waals surface area contributed by atoms with Crippen molar-refractivity contribution in [3.8, 4) is 0 Å². The number of carboxylic acid groups (broad SMARTS) is 1. The Labute approximate surface area is 113 Å². The second kappa shape index (κ2) is 5.81. The highest BCUT2D eigenvalue weighted by atomic mass is 19.3. The summed E-state index contributed by atoms with van der Waals surface area (Å²) >= 11 is 0. The minimum absolute atomic E-state index is 0.0168. The number of carbonyl (C=O) groups is 1. The maximum Gasteiger partial charge on any atom is 0.305 e. The number of anilines is 1. The van der Waals surface area contributed by atoms with Crippen LogP contribution in [-0.4, -0.2) is 21.5 Å². The summed E-state index contributed by atoms with van der Waals surface area (Å²) in [6, 6.07) is 3.03. The Morgan fingerprint density at radius 1 is 1.50 bits per heavy atom. The van der Waals surface area contributed by atoms with Gasteiger partial charge in [0.25, 0.3) is 12.1 Å². The van der Waals surface area contributed by atoms with E-state index in [-0.39, 0.29) is 12.1 Å². The zero-order valence-corrected chi connectivity index (χ0v) is 10.9. The van der Waals surface area contributed by atoms with Gasteiger partial charge in [-0.1, -0.05) is 0 Å². The average Bonchev–Trinajstić information content (AvgIpc) is 2.26. The van der Waals surface area contributed by atoms with Crippen LogP contribution in [0, 0.1) is 10.1 Å². The first-order chi connectivity index (χ1) is 9.12. The number of nitrogens with one attached hydrogen (secondary N) is 1. The first-order valence-electron chi connectivity index (χ1n) is 5.69. The molecular formula is C12H14F2N2O4. The van der Waals surface area contributed by atoms with Crippen LogP contribution in [0.3, 0.4) is 0 Å². The Hall–Kier alpha value is -2.25. The van der Waals surface area contributed by atoms with Crippen molar-refractivity contribution >= 4 is 17.3 Å². The van der Waals surface area contributed by atoms with Crippen LogP contribution in [0.1, 0.15) is 32.3 Å². The number of nitro groups is 1. The van der Waals surface area contributed by atoms with Gasteiger partial charge in [-0.2, -0.15) is 0 Å². The molecule has 0 radical (unpaired) electrons. The van der Waals surface area contributed by atoms with Gasteiger partial charge in [-0.05, 0) is 19.9 Å². The number of halogens is 2. The number of non-ortho nitro benzene ring substituents is 1. The molecule has 1 aromatic rings. The molecule has 8 heteroatoms. The van der Waals surface area contributed by atoms with E-state index in [1.54, 1.807) is 0 Å². The largest absolute Gasteiger partial charge is 0.481 e. The molecule has 20 heavy (non-hydrogen) atoms. The standard InChI is InChI=1S/C12H14F2N2O4/c1-12(2,6-10(17)18)15-9-4-3-7(16(19)20)5-8(9)11(13)14/h3-5,11,15H,6H2,1-2H3,(H,17,18). The molecular weight excluding hydrogens is 274 g/mol. The van der Waals surface area contributed by atoms with Crippen molar-refractivity contribution in [1.29, 1.82) is 0 Å². The van der Waals surface area contributed by atoms with Gasteiger partial charge in [0, 0.05) is 28.9 Å². The van der Waals surface area contributed by atoms with E-state index in [4.69, 9.17) is 5.11 Å². The van der Waals surface area contributed by atoms with Crippen molar-refractivity contribution < 1.29 is 23.6 Å². The SMILES string of the molecule is CC(C)(CC(=O)O)Nc1ccc([N+](=O)[O-])cc1C(F)F. The summed E-state index contributed by atoms with van der Waals surface area (Å²) < 4.78 is 25.9. The Kier molecular flexibility index (Phi) is 4.59. The van der Waals surface area contributed by atoms with E-state index in [0.29, 0.717) is 0 Å². The lowest BCUT2D eigenvalue weighted by atomic mass is 9.99. The van der Waals surface area contributed by atoms with E-state index < -0.39 is 34.1 Å².